The fourth-order valence-corrected chi connectivity index (χ4v) is 0.562. The summed E-state index contributed by atoms with van der Waals surface area (Å²) in [5, 5.41) is 1.89. The molecule has 1 N–H and O–H groups in total. The number of ether oxygens (including phenoxy) is 1. The third-order valence-electron chi connectivity index (χ3n) is 1.01. The van der Waals surface area contributed by atoms with Gasteiger partial charge in [-0.3, -0.25) is 0 Å². The second-order valence-corrected chi connectivity index (χ2v) is 2.46. The minimum absolute atomic E-state index is 0.268. The van der Waals surface area contributed by atoms with Gasteiger partial charge in [0.15, 0.2) is 0 Å². The molecule has 0 aliphatic carbocycles. The van der Waals surface area contributed by atoms with E-state index in [1.165, 1.54) is 0 Å². The van der Waals surface area contributed by atoms with Gasteiger partial charge in [0.05, 0.1) is 13.2 Å². The second-order valence-electron chi connectivity index (χ2n) is 2.46. The van der Waals surface area contributed by atoms with Crippen LogP contribution in [0.3, 0.4) is 0 Å². The highest BCUT2D eigenvalue weighted by atomic mass is 19.4. The molecule has 0 aromatic heterocycles. The smallest absolute Gasteiger partial charge is 0.371 e. The Morgan fingerprint density at radius 3 is 1.93 bits per heavy atom. The summed E-state index contributed by atoms with van der Waals surface area (Å²) in [5.74, 6) is 0. The van der Waals surface area contributed by atoms with Gasteiger partial charge in [0.25, 0.3) is 0 Å². The monoisotopic (exact) mass is 225 g/mol. The maximum Gasteiger partial charge on any atom is 0.411 e. The van der Waals surface area contributed by atoms with Gasteiger partial charge >= 0.3 is 12.4 Å². The lowest BCUT2D eigenvalue weighted by atomic mass is 10.6. The van der Waals surface area contributed by atoms with E-state index in [9.17, 15) is 26.3 Å². The number of hydrogen-bond acceptors (Lipinski definition) is 2. The summed E-state index contributed by atoms with van der Waals surface area (Å²) in [6.45, 7) is -3.35. The van der Waals surface area contributed by atoms with Crippen molar-refractivity contribution in [2.24, 2.45) is 0 Å². The molecule has 0 spiro atoms. The summed E-state index contributed by atoms with van der Waals surface area (Å²) in [7, 11) is 0. The predicted octanol–water partition coefficient (Wildman–Crippen LogP) is 1.72. The number of rotatable bonds is 5. The third kappa shape index (κ3) is 11.5. The van der Waals surface area contributed by atoms with Crippen LogP contribution in [0, 0.1) is 0 Å². The Balaban J connectivity index is 3.23. The molecule has 0 atom stereocenters. The minimum Gasteiger partial charge on any atom is -0.371 e. The molecule has 0 aromatic rings. The van der Waals surface area contributed by atoms with Gasteiger partial charge < -0.3 is 10.1 Å². The van der Waals surface area contributed by atoms with Crippen LogP contribution in [-0.4, -0.2) is 38.7 Å². The van der Waals surface area contributed by atoms with Gasteiger partial charge in [-0.15, -0.1) is 0 Å². The van der Waals surface area contributed by atoms with Crippen molar-refractivity contribution < 1.29 is 31.1 Å². The number of hydrogen-bond donors (Lipinski definition) is 1. The first-order chi connectivity index (χ1) is 6.21. The number of alkyl halides is 6. The van der Waals surface area contributed by atoms with Crippen LogP contribution in [0.25, 0.3) is 0 Å². The Bertz CT molecular complexity index is 135. The highest BCUT2D eigenvalue weighted by Gasteiger charge is 2.28. The van der Waals surface area contributed by atoms with Crippen molar-refractivity contribution in [3.8, 4) is 0 Å². The van der Waals surface area contributed by atoms with Crippen LogP contribution in [0.4, 0.5) is 26.3 Å². The minimum atomic E-state index is -4.44. The van der Waals surface area contributed by atoms with Gasteiger partial charge in [-0.2, -0.15) is 26.3 Å². The van der Waals surface area contributed by atoms with Crippen LogP contribution in [0.5, 0.6) is 0 Å². The molecule has 0 saturated heterocycles. The molecule has 0 fully saturated rings. The van der Waals surface area contributed by atoms with Crippen LogP contribution in [0.1, 0.15) is 0 Å². The van der Waals surface area contributed by atoms with Gasteiger partial charge in [0.1, 0.15) is 6.61 Å². The molecule has 0 amide bonds. The van der Waals surface area contributed by atoms with Gasteiger partial charge in [-0.05, 0) is 0 Å². The summed E-state index contributed by atoms with van der Waals surface area (Å²) < 4.78 is 72.8. The molecule has 2 nitrogen and oxygen atoms in total. The molecule has 0 bridgehead atoms. The number of nitrogens with one attached hydrogen (secondary N) is 1. The summed E-state index contributed by atoms with van der Waals surface area (Å²) in [6, 6.07) is 0. The van der Waals surface area contributed by atoms with Gasteiger partial charge in [-0.25, -0.2) is 0 Å². The van der Waals surface area contributed by atoms with Gasteiger partial charge in [-0.1, -0.05) is 0 Å². The third-order valence-corrected chi connectivity index (χ3v) is 1.01. The van der Waals surface area contributed by atoms with Crippen molar-refractivity contribution >= 4 is 0 Å². The summed E-state index contributed by atoms with van der Waals surface area (Å²) in [4.78, 5) is 0. The Kier molecular flexibility index (Phi) is 5.21. The lowest BCUT2D eigenvalue weighted by molar-refractivity contribution is -0.174. The van der Waals surface area contributed by atoms with Crippen LogP contribution < -0.4 is 5.32 Å². The maximum atomic E-state index is 11.5. The van der Waals surface area contributed by atoms with Gasteiger partial charge in [0.2, 0.25) is 0 Å². The zero-order chi connectivity index (χ0) is 11.2. The SMILES string of the molecule is FC(F)(F)CNCCOCC(F)(F)F. The lowest BCUT2D eigenvalue weighted by Gasteiger charge is -2.09. The average Bonchev–Trinajstić information content (AvgIpc) is 1.92. The van der Waals surface area contributed by atoms with E-state index in [-0.39, 0.29) is 6.54 Å². The molecule has 8 heteroatoms. The lowest BCUT2D eigenvalue weighted by Crippen LogP contribution is -2.32. The zero-order valence-corrected chi connectivity index (χ0v) is 7.00. The Morgan fingerprint density at radius 1 is 0.929 bits per heavy atom. The Morgan fingerprint density at radius 2 is 1.50 bits per heavy atom. The predicted molar refractivity (Wildman–Crippen MR) is 35.8 cm³/mol. The molecule has 0 aliphatic heterocycles. The summed E-state index contributed by atoms with van der Waals surface area (Å²) in [5.41, 5.74) is 0. The highest BCUT2D eigenvalue weighted by molar-refractivity contribution is 4.55. The molecular weight excluding hydrogens is 216 g/mol. The first kappa shape index (κ1) is 13.5. The van der Waals surface area contributed by atoms with E-state index in [2.05, 4.69) is 4.74 Å². The normalized spacial score (nSPS) is 13.3. The first-order valence-electron chi connectivity index (χ1n) is 3.63. The van der Waals surface area contributed by atoms with E-state index in [0.29, 0.717) is 0 Å². The quantitative estimate of drug-likeness (QED) is 0.568. The molecule has 0 rings (SSSR count). The van der Waals surface area contributed by atoms with Crippen molar-refractivity contribution in [1.82, 2.24) is 5.32 Å². The second kappa shape index (κ2) is 5.40. The molecule has 0 saturated carbocycles. The summed E-state index contributed by atoms with van der Waals surface area (Å²) in [6.07, 6.45) is -8.80. The Hall–Kier alpha value is -0.500. The van der Waals surface area contributed by atoms with E-state index < -0.39 is 32.1 Å². The van der Waals surface area contributed by atoms with E-state index in [1.54, 1.807) is 0 Å². The topological polar surface area (TPSA) is 21.3 Å². The van der Waals surface area contributed by atoms with Crippen molar-refractivity contribution in [2.45, 2.75) is 12.4 Å². The molecule has 0 radical (unpaired) electrons. The van der Waals surface area contributed by atoms with Crippen molar-refractivity contribution in [3.63, 3.8) is 0 Å². The van der Waals surface area contributed by atoms with Crippen LogP contribution in [-0.2, 0) is 4.74 Å². The van der Waals surface area contributed by atoms with Crippen molar-refractivity contribution in [1.29, 1.82) is 0 Å². The number of halogens is 6. The van der Waals surface area contributed by atoms with Gasteiger partial charge in [0, 0.05) is 6.54 Å². The van der Waals surface area contributed by atoms with Crippen molar-refractivity contribution in [3.05, 3.63) is 0 Å². The maximum absolute atomic E-state index is 11.5. The largest absolute Gasteiger partial charge is 0.411 e. The average molecular weight is 225 g/mol. The standard InChI is InChI=1S/C6H9F6NO/c7-5(8,9)3-13-1-2-14-4-6(10,11)12/h13H,1-4H2. The fourth-order valence-electron chi connectivity index (χ4n) is 0.562. The summed E-state index contributed by atoms with van der Waals surface area (Å²) >= 11 is 0. The van der Waals surface area contributed by atoms with Crippen LogP contribution in [0.15, 0.2) is 0 Å². The van der Waals surface area contributed by atoms with Crippen LogP contribution in [0.2, 0.25) is 0 Å². The van der Waals surface area contributed by atoms with Crippen LogP contribution >= 0.6 is 0 Å². The van der Waals surface area contributed by atoms with E-state index >= 15 is 0 Å². The highest BCUT2D eigenvalue weighted by Crippen LogP contribution is 2.14. The molecule has 0 heterocycles. The molecule has 0 unspecified atom stereocenters. The fraction of sp³-hybridized carbons (Fsp3) is 1.00. The van der Waals surface area contributed by atoms with E-state index in [1.807, 2.05) is 5.32 Å². The van der Waals surface area contributed by atoms with E-state index in [0.717, 1.165) is 0 Å². The molecule has 86 valence electrons. The Labute approximate surface area is 76.2 Å². The van der Waals surface area contributed by atoms with Crippen molar-refractivity contribution in [2.75, 3.05) is 26.3 Å². The molecule has 0 aliphatic rings. The molecular formula is C6H9F6NO. The first-order valence-corrected chi connectivity index (χ1v) is 3.63. The molecule has 14 heavy (non-hydrogen) atoms. The van der Waals surface area contributed by atoms with E-state index in [4.69, 9.17) is 0 Å². The zero-order valence-electron chi connectivity index (χ0n) is 7.00. The molecule has 0 aromatic carbocycles.